The molecule has 1 rings (SSSR count). The number of aromatic nitrogens is 1. The summed E-state index contributed by atoms with van der Waals surface area (Å²) in [5.74, 6) is -1.48. The van der Waals surface area contributed by atoms with Crippen LogP contribution in [0, 0.1) is 6.92 Å². The minimum Gasteiger partial charge on any atom is -0.481 e. The van der Waals surface area contributed by atoms with Crippen molar-refractivity contribution in [3.8, 4) is 0 Å². The molecular weight excluding hydrogens is 254 g/mol. The normalized spacial score (nSPS) is 9.44. The molecule has 0 aromatic carbocycles. The van der Waals surface area contributed by atoms with Gasteiger partial charge in [0, 0.05) is 11.3 Å². The van der Waals surface area contributed by atoms with Crippen molar-refractivity contribution in [1.82, 2.24) is 4.98 Å². The van der Waals surface area contributed by atoms with Crippen molar-refractivity contribution in [2.24, 2.45) is 0 Å². The number of carboxylic acid groups (broad SMARTS) is 2. The van der Waals surface area contributed by atoms with E-state index >= 15 is 0 Å². The van der Waals surface area contributed by atoms with Crippen LogP contribution in [0.3, 0.4) is 0 Å². The average Bonchev–Trinajstić information content (AvgIpc) is 2.64. The Bertz CT molecular complexity index is 376. The smallest absolute Gasteiger partial charge is 0.308 e. The SMILES string of the molecule is CCCCCC(=O)O.Cc1ncsc1CC(=O)O. The molecule has 102 valence electrons. The lowest BCUT2D eigenvalue weighted by Gasteiger charge is -1.89. The number of aliphatic carboxylic acids is 2. The van der Waals surface area contributed by atoms with Crippen LogP contribution < -0.4 is 0 Å². The first kappa shape index (κ1) is 16.6. The Kier molecular flexibility index (Phi) is 8.82. The first-order chi connectivity index (χ1) is 8.47. The van der Waals surface area contributed by atoms with Crippen LogP contribution in [0.2, 0.25) is 0 Å². The van der Waals surface area contributed by atoms with E-state index in [1.807, 2.05) is 6.92 Å². The third-order valence-electron chi connectivity index (χ3n) is 2.15. The number of aryl methyl sites for hydroxylation is 1. The van der Waals surface area contributed by atoms with E-state index in [-0.39, 0.29) is 6.42 Å². The molecule has 0 amide bonds. The molecule has 0 aliphatic carbocycles. The predicted molar refractivity (Wildman–Crippen MR) is 70.0 cm³/mol. The number of carbonyl (C=O) groups is 2. The van der Waals surface area contributed by atoms with E-state index in [4.69, 9.17) is 10.2 Å². The molecule has 18 heavy (non-hydrogen) atoms. The summed E-state index contributed by atoms with van der Waals surface area (Å²) in [7, 11) is 0. The highest BCUT2D eigenvalue weighted by atomic mass is 32.1. The van der Waals surface area contributed by atoms with Crippen LogP contribution in [0.15, 0.2) is 5.51 Å². The van der Waals surface area contributed by atoms with Gasteiger partial charge in [0.2, 0.25) is 0 Å². The summed E-state index contributed by atoms with van der Waals surface area (Å²) in [5.41, 5.74) is 2.49. The second-order valence-electron chi connectivity index (χ2n) is 3.78. The minimum atomic E-state index is -0.799. The molecule has 5 nitrogen and oxygen atoms in total. The van der Waals surface area contributed by atoms with Gasteiger partial charge in [-0.3, -0.25) is 9.59 Å². The van der Waals surface area contributed by atoms with Crippen LogP contribution >= 0.6 is 11.3 Å². The van der Waals surface area contributed by atoms with E-state index in [1.165, 1.54) is 11.3 Å². The van der Waals surface area contributed by atoms with E-state index in [2.05, 4.69) is 11.9 Å². The Balaban J connectivity index is 0.000000331. The van der Waals surface area contributed by atoms with Gasteiger partial charge in [-0.2, -0.15) is 0 Å². The van der Waals surface area contributed by atoms with E-state index in [9.17, 15) is 9.59 Å². The number of rotatable bonds is 6. The number of nitrogens with zero attached hydrogens (tertiary/aromatic N) is 1. The summed E-state index contributed by atoms with van der Waals surface area (Å²) in [6.07, 6.45) is 3.37. The third kappa shape index (κ3) is 8.69. The molecule has 0 saturated heterocycles. The topological polar surface area (TPSA) is 87.5 Å². The lowest BCUT2D eigenvalue weighted by molar-refractivity contribution is -0.137. The Morgan fingerprint density at radius 3 is 2.33 bits per heavy atom. The van der Waals surface area contributed by atoms with E-state index < -0.39 is 11.9 Å². The highest BCUT2D eigenvalue weighted by molar-refractivity contribution is 7.09. The summed E-state index contributed by atoms with van der Waals surface area (Å²) in [6, 6.07) is 0. The summed E-state index contributed by atoms with van der Waals surface area (Å²) in [4.78, 5) is 24.8. The van der Waals surface area contributed by atoms with Gasteiger partial charge in [-0.15, -0.1) is 11.3 Å². The molecule has 0 radical (unpaired) electrons. The van der Waals surface area contributed by atoms with Gasteiger partial charge in [0.15, 0.2) is 0 Å². The monoisotopic (exact) mass is 273 g/mol. The molecule has 0 saturated carbocycles. The van der Waals surface area contributed by atoms with Crippen molar-refractivity contribution in [2.75, 3.05) is 0 Å². The summed E-state index contributed by atoms with van der Waals surface area (Å²) < 4.78 is 0. The van der Waals surface area contributed by atoms with Crippen LogP contribution in [0.5, 0.6) is 0 Å². The van der Waals surface area contributed by atoms with Crippen molar-refractivity contribution >= 4 is 23.3 Å². The molecule has 1 aromatic heterocycles. The van der Waals surface area contributed by atoms with Gasteiger partial charge in [0.25, 0.3) is 0 Å². The number of hydrogen-bond donors (Lipinski definition) is 2. The summed E-state index contributed by atoms with van der Waals surface area (Å²) in [6.45, 7) is 3.87. The summed E-state index contributed by atoms with van der Waals surface area (Å²) in [5, 5.41) is 16.5. The molecule has 1 aromatic rings. The van der Waals surface area contributed by atoms with Crippen LogP contribution in [-0.2, 0) is 16.0 Å². The van der Waals surface area contributed by atoms with Gasteiger partial charge >= 0.3 is 11.9 Å². The number of thiazole rings is 1. The molecule has 0 aliphatic rings. The fraction of sp³-hybridized carbons (Fsp3) is 0.583. The first-order valence-electron chi connectivity index (χ1n) is 5.79. The Morgan fingerprint density at radius 2 is 1.94 bits per heavy atom. The zero-order chi connectivity index (χ0) is 14.0. The Morgan fingerprint density at radius 1 is 1.28 bits per heavy atom. The van der Waals surface area contributed by atoms with Gasteiger partial charge in [0.05, 0.1) is 17.6 Å². The fourth-order valence-corrected chi connectivity index (χ4v) is 1.93. The van der Waals surface area contributed by atoms with Crippen molar-refractivity contribution in [3.05, 3.63) is 16.1 Å². The number of hydrogen-bond acceptors (Lipinski definition) is 4. The third-order valence-corrected chi connectivity index (χ3v) is 3.09. The maximum atomic E-state index is 10.2. The number of carboxylic acids is 2. The second-order valence-corrected chi connectivity index (χ2v) is 4.72. The lowest BCUT2D eigenvalue weighted by Crippen LogP contribution is -1.99. The number of unbranched alkanes of at least 4 members (excludes halogenated alkanes) is 2. The molecule has 2 N–H and O–H groups in total. The van der Waals surface area contributed by atoms with Gasteiger partial charge in [-0.05, 0) is 13.3 Å². The van der Waals surface area contributed by atoms with Gasteiger partial charge in [-0.1, -0.05) is 19.8 Å². The first-order valence-corrected chi connectivity index (χ1v) is 6.67. The Labute approximate surface area is 110 Å². The molecule has 0 aliphatic heterocycles. The van der Waals surface area contributed by atoms with Crippen LogP contribution in [0.4, 0.5) is 0 Å². The van der Waals surface area contributed by atoms with E-state index in [0.717, 1.165) is 29.8 Å². The van der Waals surface area contributed by atoms with Crippen LogP contribution in [-0.4, -0.2) is 27.1 Å². The molecule has 0 fully saturated rings. The van der Waals surface area contributed by atoms with Crippen molar-refractivity contribution in [3.63, 3.8) is 0 Å². The predicted octanol–water partition coefficient (Wildman–Crippen LogP) is 2.73. The maximum absolute atomic E-state index is 10.2. The lowest BCUT2D eigenvalue weighted by atomic mass is 10.2. The fourth-order valence-electron chi connectivity index (χ4n) is 1.16. The molecule has 0 spiro atoms. The average molecular weight is 273 g/mol. The zero-order valence-corrected chi connectivity index (χ0v) is 11.5. The molecular formula is C12H19NO4S. The quantitative estimate of drug-likeness (QED) is 0.778. The zero-order valence-electron chi connectivity index (χ0n) is 10.7. The molecule has 0 unspecified atom stereocenters. The van der Waals surface area contributed by atoms with Crippen LogP contribution in [0.1, 0.15) is 43.2 Å². The van der Waals surface area contributed by atoms with Crippen molar-refractivity contribution in [2.45, 2.75) is 46.0 Å². The largest absolute Gasteiger partial charge is 0.481 e. The minimum absolute atomic E-state index is 0.0938. The highest BCUT2D eigenvalue weighted by Crippen LogP contribution is 2.12. The van der Waals surface area contributed by atoms with Gasteiger partial charge < -0.3 is 10.2 Å². The van der Waals surface area contributed by atoms with Crippen molar-refractivity contribution in [1.29, 1.82) is 0 Å². The molecule has 0 bridgehead atoms. The molecule has 6 heteroatoms. The van der Waals surface area contributed by atoms with E-state index in [0.29, 0.717) is 6.42 Å². The van der Waals surface area contributed by atoms with Crippen LogP contribution in [0.25, 0.3) is 0 Å². The Hall–Kier alpha value is -1.43. The molecule has 0 atom stereocenters. The summed E-state index contributed by atoms with van der Waals surface area (Å²) >= 11 is 1.39. The maximum Gasteiger partial charge on any atom is 0.308 e. The van der Waals surface area contributed by atoms with Gasteiger partial charge in [0.1, 0.15) is 0 Å². The van der Waals surface area contributed by atoms with Crippen molar-refractivity contribution < 1.29 is 19.8 Å². The highest BCUT2D eigenvalue weighted by Gasteiger charge is 2.04. The van der Waals surface area contributed by atoms with Gasteiger partial charge in [-0.25, -0.2) is 4.98 Å². The molecule has 1 heterocycles. The standard InChI is InChI=1S/C6H7NO2S.C6H12O2/c1-4-5(2-6(8)9)10-3-7-4;1-2-3-4-5-6(7)8/h3H,2H2,1H3,(H,8,9);2-5H2,1H3,(H,7,8). The van der Waals surface area contributed by atoms with E-state index in [1.54, 1.807) is 5.51 Å². The second kappa shape index (κ2) is 9.58.